The first-order valence-corrected chi connectivity index (χ1v) is 7.47. The van der Waals surface area contributed by atoms with E-state index < -0.39 is 0 Å². The Morgan fingerprint density at radius 3 is 2.62 bits per heavy atom. The summed E-state index contributed by atoms with van der Waals surface area (Å²) in [7, 11) is 0. The van der Waals surface area contributed by atoms with Crippen LogP contribution in [0, 0.1) is 6.92 Å². The summed E-state index contributed by atoms with van der Waals surface area (Å²) < 4.78 is 5.60. The molecule has 0 unspecified atom stereocenters. The van der Waals surface area contributed by atoms with E-state index in [4.69, 9.17) is 10.5 Å². The minimum atomic E-state index is 0.269. The van der Waals surface area contributed by atoms with Gasteiger partial charge in [-0.15, -0.1) is 0 Å². The van der Waals surface area contributed by atoms with Gasteiger partial charge in [0.15, 0.2) is 5.75 Å². The molecule has 0 radical (unpaired) electrons. The Kier molecular flexibility index (Phi) is 5.55. The predicted octanol–water partition coefficient (Wildman–Crippen LogP) is 3.33. The van der Waals surface area contributed by atoms with Crippen LogP contribution >= 0.6 is 0 Å². The lowest BCUT2D eigenvalue weighted by Gasteiger charge is -2.09. The highest BCUT2D eigenvalue weighted by Crippen LogP contribution is 2.15. The van der Waals surface area contributed by atoms with Gasteiger partial charge in [0.1, 0.15) is 0 Å². The molecular weight excluding hydrogens is 262 g/mol. The van der Waals surface area contributed by atoms with E-state index in [1.807, 2.05) is 0 Å². The Labute approximate surface area is 126 Å². The third kappa shape index (κ3) is 4.74. The molecule has 0 aliphatic rings. The summed E-state index contributed by atoms with van der Waals surface area (Å²) in [6, 6.07) is 6.75. The number of hydrogen-bond donors (Lipinski definition) is 1. The summed E-state index contributed by atoms with van der Waals surface area (Å²) in [6.07, 6.45) is 7.54. The van der Waals surface area contributed by atoms with Crippen LogP contribution in [0.5, 0.6) is 5.75 Å². The SMILES string of the molecule is CCCc1cc(CCCOc2cnc(N)nc2)ccc1C. The van der Waals surface area contributed by atoms with Crippen molar-refractivity contribution in [3.05, 3.63) is 47.3 Å². The van der Waals surface area contributed by atoms with Crippen LogP contribution in [-0.4, -0.2) is 16.6 Å². The van der Waals surface area contributed by atoms with Crippen molar-refractivity contribution in [1.29, 1.82) is 0 Å². The molecule has 0 spiro atoms. The molecule has 21 heavy (non-hydrogen) atoms. The van der Waals surface area contributed by atoms with E-state index in [2.05, 4.69) is 42.0 Å². The first-order valence-electron chi connectivity index (χ1n) is 7.47. The summed E-state index contributed by atoms with van der Waals surface area (Å²) in [5.41, 5.74) is 9.65. The molecule has 2 N–H and O–H groups in total. The number of ether oxygens (including phenoxy) is 1. The molecule has 2 rings (SSSR count). The summed E-state index contributed by atoms with van der Waals surface area (Å²) in [6.45, 7) is 5.05. The summed E-state index contributed by atoms with van der Waals surface area (Å²) in [5.74, 6) is 0.935. The van der Waals surface area contributed by atoms with Gasteiger partial charge in [-0.1, -0.05) is 31.5 Å². The molecule has 1 aromatic carbocycles. The van der Waals surface area contributed by atoms with Gasteiger partial charge in [-0.2, -0.15) is 0 Å². The molecule has 2 aromatic rings. The highest BCUT2D eigenvalue weighted by molar-refractivity contribution is 5.31. The van der Waals surface area contributed by atoms with Crippen LogP contribution in [0.1, 0.15) is 36.5 Å². The molecule has 112 valence electrons. The van der Waals surface area contributed by atoms with E-state index in [1.165, 1.54) is 23.1 Å². The fourth-order valence-electron chi connectivity index (χ4n) is 2.29. The van der Waals surface area contributed by atoms with Gasteiger partial charge < -0.3 is 10.5 Å². The maximum absolute atomic E-state index is 5.60. The van der Waals surface area contributed by atoms with Crippen molar-refractivity contribution >= 4 is 5.95 Å². The molecule has 0 bridgehead atoms. The molecule has 0 aliphatic heterocycles. The Bertz CT molecular complexity index is 567. The van der Waals surface area contributed by atoms with Gasteiger partial charge in [0, 0.05) is 0 Å². The molecule has 1 aromatic heterocycles. The molecule has 0 fully saturated rings. The van der Waals surface area contributed by atoms with Crippen molar-refractivity contribution in [2.75, 3.05) is 12.3 Å². The molecule has 0 saturated heterocycles. The molecule has 0 saturated carbocycles. The number of aromatic nitrogens is 2. The Balaban J connectivity index is 1.80. The fourth-order valence-corrected chi connectivity index (χ4v) is 2.29. The lowest BCUT2D eigenvalue weighted by molar-refractivity contribution is 0.308. The molecule has 4 nitrogen and oxygen atoms in total. The van der Waals surface area contributed by atoms with Gasteiger partial charge in [0.05, 0.1) is 19.0 Å². The normalized spacial score (nSPS) is 10.6. The molecule has 1 heterocycles. The van der Waals surface area contributed by atoms with Gasteiger partial charge in [0.25, 0.3) is 0 Å². The van der Waals surface area contributed by atoms with Crippen molar-refractivity contribution < 1.29 is 4.74 Å². The van der Waals surface area contributed by atoms with Crippen LogP contribution in [-0.2, 0) is 12.8 Å². The standard InChI is InChI=1S/C17H23N3O/c1-3-5-15-10-14(8-7-13(15)2)6-4-9-21-16-11-19-17(18)20-12-16/h7-8,10-12H,3-6,9H2,1-2H3,(H2,18,19,20). The molecule has 0 atom stereocenters. The van der Waals surface area contributed by atoms with Crippen molar-refractivity contribution in [3.8, 4) is 5.75 Å². The smallest absolute Gasteiger partial charge is 0.220 e. The summed E-state index contributed by atoms with van der Waals surface area (Å²) in [4.78, 5) is 7.80. The fraction of sp³-hybridized carbons (Fsp3) is 0.412. The predicted molar refractivity (Wildman–Crippen MR) is 85.4 cm³/mol. The molecular formula is C17H23N3O. The number of anilines is 1. The number of rotatable bonds is 7. The molecule has 4 heteroatoms. The minimum Gasteiger partial charge on any atom is -0.490 e. The number of hydrogen-bond acceptors (Lipinski definition) is 4. The third-order valence-electron chi connectivity index (χ3n) is 3.46. The van der Waals surface area contributed by atoms with E-state index in [1.54, 1.807) is 12.4 Å². The number of aryl methyl sites for hydroxylation is 3. The zero-order valence-electron chi connectivity index (χ0n) is 12.8. The second-order valence-electron chi connectivity index (χ2n) is 5.24. The van der Waals surface area contributed by atoms with Crippen molar-refractivity contribution in [1.82, 2.24) is 9.97 Å². The van der Waals surface area contributed by atoms with Crippen LogP contribution in [0.2, 0.25) is 0 Å². The Hall–Kier alpha value is -2.10. The van der Waals surface area contributed by atoms with Crippen LogP contribution < -0.4 is 10.5 Å². The summed E-state index contributed by atoms with van der Waals surface area (Å²) >= 11 is 0. The van der Waals surface area contributed by atoms with Crippen LogP contribution in [0.4, 0.5) is 5.95 Å². The van der Waals surface area contributed by atoms with Gasteiger partial charge in [0.2, 0.25) is 5.95 Å². The van der Waals surface area contributed by atoms with Gasteiger partial charge in [-0.3, -0.25) is 0 Å². The number of nitrogens with two attached hydrogens (primary N) is 1. The quantitative estimate of drug-likeness (QED) is 0.793. The minimum absolute atomic E-state index is 0.269. The lowest BCUT2D eigenvalue weighted by atomic mass is 9.99. The van der Waals surface area contributed by atoms with E-state index in [9.17, 15) is 0 Å². The highest BCUT2D eigenvalue weighted by atomic mass is 16.5. The first kappa shape index (κ1) is 15.3. The lowest BCUT2D eigenvalue weighted by Crippen LogP contribution is -2.02. The highest BCUT2D eigenvalue weighted by Gasteiger charge is 2.01. The Morgan fingerprint density at radius 1 is 1.14 bits per heavy atom. The van der Waals surface area contributed by atoms with E-state index in [0.29, 0.717) is 12.4 Å². The molecule has 0 aliphatic carbocycles. The van der Waals surface area contributed by atoms with Crippen molar-refractivity contribution in [2.24, 2.45) is 0 Å². The van der Waals surface area contributed by atoms with Gasteiger partial charge in [-0.25, -0.2) is 9.97 Å². The van der Waals surface area contributed by atoms with E-state index >= 15 is 0 Å². The molecule has 0 amide bonds. The number of benzene rings is 1. The second-order valence-corrected chi connectivity index (χ2v) is 5.24. The van der Waals surface area contributed by atoms with Crippen LogP contribution in [0.3, 0.4) is 0 Å². The van der Waals surface area contributed by atoms with E-state index in [-0.39, 0.29) is 5.95 Å². The van der Waals surface area contributed by atoms with Gasteiger partial charge in [-0.05, 0) is 42.9 Å². The average Bonchev–Trinajstić information content (AvgIpc) is 2.49. The first-order chi connectivity index (χ1) is 10.2. The number of nitrogens with zero attached hydrogens (tertiary/aromatic N) is 2. The van der Waals surface area contributed by atoms with Gasteiger partial charge >= 0.3 is 0 Å². The Morgan fingerprint density at radius 2 is 1.90 bits per heavy atom. The zero-order valence-corrected chi connectivity index (χ0v) is 12.8. The zero-order chi connectivity index (χ0) is 15.1. The number of nitrogen functional groups attached to an aromatic ring is 1. The van der Waals surface area contributed by atoms with E-state index in [0.717, 1.165) is 19.3 Å². The van der Waals surface area contributed by atoms with Crippen molar-refractivity contribution in [3.63, 3.8) is 0 Å². The largest absolute Gasteiger partial charge is 0.490 e. The van der Waals surface area contributed by atoms with Crippen LogP contribution in [0.15, 0.2) is 30.6 Å². The topological polar surface area (TPSA) is 61.0 Å². The second kappa shape index (κ2) is 7.62. The monoisotopic (exact) mass is 285 g/mol. The van der Waals surface area contributed by atoms with Crippen molar-refractivity contribution in [2.45, 2.75) is 39.5 Å². The maximum atomic E-state index is 5.60. The third-order valence-corrected chi connectivity index (χ3v) is 3.46. The average molecular weight is 285 g/mol. The summed E-state index contributed by atoms with van der Waals surface area (Å²) in [5, 5.41) is 0. The maximum Gasteiger partial charge on any atom is 0.220 e. The van der Waals surface area contributed by atoms with Crippen LogP contribution in [0.25, 0.3) is 0 Å².